The number of benzene rings is 1. The van der Waals surface area contributed by atoms with Gasteiger partial charge in [-0.25, -0.2) is 4.79 Å². The van der Waals surface area contributed by atoms with E-state index in [0.717, 1.165) is 24.1 Å². The van der Waals surface area contributed by atoms with E-state index < -0.39 is 0 Å². The molecule has 0 radical (unpaired) electrons. The van der Waals surface area contributed by atoms with Crippen molar-refractivity contribution in [3.8, 4) is 0 Å². The third kappa shape index (κ3) is 2.76. The largest absolute Gasteiger partial charge is 0.462 e. The Bertz CT molecular complexity index is 523. The van der Waals surface area contributed by atoms with E-state index in [1.54, 1.807) is 12.1 Å². The maximum absolute atomic E-state index is 12.1. The molecule has 0 amide bonds. The van der Waals surface area contributed by atoms with Crippen molar-refractivity contribution in [1.82, 2.24) is 0 Å². The highest BCUT2D eigenvalue weighted by Crippen LogP contribution is 2.58. The summed E-state index contributed by atoms with van der Waals surface area (Å²) in [7, 11) is 0. The summed E-state index contributed by atoms with van der Waals surface area (Å²) in [5.74, 6) is 1.43. The standard InChI is InChI=1S/C17H21BrO3/c1-17(2)14-7-8-20-9-13(14)15(17)10-21-16(19)11-3-5-12(18)6-4-11/h3-6,13-15H,7-10H2,1-2H3/t13-,14+,15+/m0/s1. The molecule has 1 saturated heterocycles. The van der Waals surface area contributed by atoms with Gasteiger partial charge in [-0.05, 0) is 47.9 Å². The van der Waals surface area contributed by atoms with Gasteiger partial charge in [0.15, 0.2) is 0 Å². The first-order valence-electron chi connectivity index (χ1n) is 7.50. The fourth-order valence-corrected chi connectivity index (χ4v) is 4.23. The summed E-state index contributed by atoms with van der Waals surface area (Å²) in [5, 5.41) is 0. The van der Waals surface area contributed by atoms with Crippen LogP contribution in [-0.2, 0) is 9.47 Å². The Kier molecular flexibility index (Phi) is 4.10. The van der Waals surface area contributed by atoms with Gasteiger partial charge in [0.05, 0.1) is 18.8 Å². The summed E-state index contributed by atoms with van der Waals surface area (Å²) in [5.41, 5.74) is 0.848. The maximum Gasteiger partial charge on any atom is 0.338 e. The normalized spacial score (nSPS) is 30.1. The second-order valence-electron chi connectivity index (χ2n) is 6.67. The lowest BCUT2D eigenvalue weighted by Crippen LogP contribution is -2.59. The lowest BCUT2D eigenvalue weighted by molar-refractivity contribution is -0.184. The fourth-order valence-electron chi connectivity index (χ4n) is 3.96. The molecule has 0 N–H and O–H groups in total. The van der Waals surface area contributed by atoms with E-state index in [1.807, 2.05) is 12.1 Å². The zero-order valence-electron chi connectivity index (χ0n) is 12.5. The van der Waals surface area contributed by atoms with Crippen LogP contribution in [0.1, 0.15) is 30.6 Å². The minimum atomic E-state index is -0.238. The summed E-state index contributed by atoms with van der Waals surface area (Å²) in [6.07, 6.45) is 1.13. The van der Waals surface area contributed by atoms with Crippen molar-refractivity contribution in [3.05, 3.63) is 34.3 Å². The predicted octanol–water partition coefficient (Wildman–Crippen LogP) is 3.91. The number of fused-ring (bicyclic) bond motifs is 1. The second kappa shape index (κ2) is 5.73. The first kappa shape index (κ1) is 15.0. The molecule has 3 atom stereocenters. The van der Waals surface area contributed by atoms with E-state index in [-0.39, 0.29) is 11.4 Å². The zero-order valence-corrected chi connectivity index (χ0v) is 14.1. The van der Waals surface area contributed by atoms with Gasteiger partial charge in [0, 0.05) is 17.0 Å². The molecule has 0 bridgehead atoms. The number of rotatable bonds is 3. The van der Waals surface area contributed by atoms with Crippen LogP contribution in [0.25, 0.3) is 0 Å². The average molecular weight is 353 g/mol. The molecule has 3 rings (SSSR count). The van der Waals surface area contributed by atoms with Gasteiger partial charge in [0.1, 0.15) is 0 Å². The van der Waals surface area contributed by atoms with Gasteiger partial charge in [-0.15, -0.1) is 0 Å². The fraction of sp³-hybridized carbons (Fsp3) is 0.588. The molecule has 1 heterocycles. The van der Waals surface area contributed by atoms with E-state index in [0.29, 0.717) is 29.9 Å². The SMILES string of the molecule is CC1(C)[C@@H]2CCOC[C@@H]2[C@H]1COC(=O)c1ccc(Br)cc1. The number of carbonyl (C=O) groups excluding carboxylic acids is 1. The van der Waals surface area contributed by atoms with Gasteiger partial charge in [-0.2, -0.15) is 0 Å². The van der Waals surface area contributed by atoms with E-state index in [1.165, 1.54) is 0 Å². The minimum absolute atomic E-state index is 0.238. The van der Waals surface area contributed by atoms with Gasteiger partial charge in [-0.1, -0.05) is 29.8 Å². The number of ether oxygens (including phenoxy) is 2. The lowest BCUT2D eigenvalue weighted by atomic mass is 9.47. The minimum Gasteiger partial charge on any atom is -0.462 e. The number of carbonyl (C=O) groups is 1. The molecular formula is C17H21BrO3. The van der Waals surface area contributed by atoms with Crippen LogP contribution in [0.4, 0.5) is 0 Å². The molecule has 0 unspecified atom stereocenters. The number of hydrogen-bond donors (Lipinski definition) is 0. The van der Waals surface area contributed by atoms with Crippen molar-refractivity contribution in [2.75, 3.05) is 19.8 Å². The van der Waals surface area contributed by atoms with Crippen LogP contribution in [-0.4, -0.2) is 25.8 Å². The molecule has 4 heteroatoms. The lowest BCUT2D eigenvalue weighted by Gasteiger charge is -2.60. The van der Waals surface area contributed by atoms with Crippen LogP contribution in [0.3, 0.4) is 0 Å². The summed E-state index contributed by atoms with van der Waals surface area (Å²) < 4.78 is 12.1. The Morgan fingerprint density at radius 3 is 2.81 bits per heavy atom. The van der Waals surface area contributed by atoms with E-state index in [4.69, 9.17) is 9.47 Å². The molecule has 3 nitrogen and oxygen atoms in total. The Morgan fingerprint density at radius 2 is 2.10 bits per heavy atom. The van der Waals surface area contributed by atoms with Crippen molar-refractivity contribution in [2.24, 2.45) is 23.2 Å². The molecular weight excluding hydrogens is 332 g/mol. The molecule has 1 aromatic rings. The van der Waals surface area contributed by atoms with Crippen molar-refractivity contribution >= 4 is 21.9 Å². The highest BCUT2D eigenvalue weighted by atomic mass is 79.9. The van der Waals surface area contributed by atoms with Gasteiger partial charge in [0.25, 0.3) is 0 Å². The zero-order chi connectivity index (χ0) is 15.0. The maximum atomic E-state index is 12.1. The molecule has 1 aliphatic heterocycles. The second-order valence-corrected chi connectivity index (χ2v) is 7.58. The molecule has 1 saturated carbocycles. The van der Waals surface area contributed by atoms with Gasteiger partial charge >= 0.3 is 5.97 Å². The summed E-state index contributed by atoms with van der Waals surface area (Å²) >= 11 is 3.36. The Hall–Kier alpha value is -0.870. The van der Waals surface area contributed by atoms with E-state index in [2.05, 4.69) is 29.8 Å². The molecule has 2 fully saturated rings. The predicted molar refractivity (Wildman–Crippen MR) is 84.1 cm³/mol. The molecule has 0 spiro atoms. The average Bonchev–Trinajstić information content (AvgIpc) is 2.48. The monoisotopic (exact) mass is 352 g/mol. The first-order chi connectivity index (χ1) is 10.00. The van der Waals surface area contributed by atoms with Gasteiger partial charge in [0.2, 0.25) is 0 Å². The van der Waals surface area contributed by atoms with E-state index in [9.17, 15) is 4.79 Å². The molecule has 1 aromatic carbocycles. The van der Waals surface area contributed by atoms with Crippen molar-refractivity contribution in [3.63, 3.8) is 0 Å². The van der Waals surface area contributed by atoms with Crippen LogP contribution in [0.15, 0.2) is 28.7 Å². The third-order valence-electron chi connectivity index (χ3n) is 5.30. The highest BCUT2D eigenvalue weighted by Gasteiger charge is 2.57. The van der Waals surface area contributed by atoms with Gasteiger partial charge < -0.3 is 9.47 Å². The van der Waals surface area contributed by atoms with Crippen LogP contribution in [0.5, 0.6) is 0 Å². The molecule has 1 aliphatic carbocycles. The van der Waals surface area contributed by atoms with Crippen molar-refractivity contribution < 1.29 is 14.3 Å². The van der Waals surface area contributed by atoms with Crippen LogP contribution in [0, 0.1) is 23.2 Å². The first-order valence-corrected chi connectivity index (χ1v) is 8.30. The van der Waals surface area contributed by atoms with E-state index >= 15 is 0 Å². The Morgan fingerprint density at radius 1 is 1.38 bits per heavy atom. The Labute approximate surface area is 134 Å². The number of halogens is 1. The van der Waals surface area contributed by atoms with Crippen molar-refractivity contribution in [1.29, 1.82) is 0 Å². The molecule has 21 heavy (non-hydrogen) atoms. The quantitative estimate of drug-likeness (QED) is 0.773. The van der Waals surface area contributed by atoms with Gasteiger partial charge in [-0.3, -0.25) is 0 Å². The van der Waals surface area contributed by atoms with Crippen LogP contribution >= 0.6 is 15.9 Å². The summed E-state index contributed by atoms with van der Waals surface area (Å²) in [6, 6.07) is 7.28. The number of hydrogen-bond acceptors (Lipinski definition) is 3. The topological polar surface area (TPSA) is 35.5 Å². The molecule has 114 valence electrons. The molecule has 0 aromatic heterocycles. The highest BCUT2D eigenvalue weighted by molar-refractivity contribution is 9.10. The molecule has 2 aliphatic rings. The van der Waals surface area contributed by atoms with Crippen LogP contribution < -0.4 is 0 Å². The summed E-state index contributed by atoms with van der Waals surface area (Å²) in [6.45, 7) is 6.76. The van der Waals surface area contributed by atoms with Crippen molar-refractivity contribution in [2.45, 2.75) is 20.3 Å². The third-order valence-corrected chi connectivity index (χ3v) is 5.83. The smallest absolute Gasteiger partial charge is 0.338 e. The summed E-state index contributed by atoms with van der Waals surface area (Å²) in [4.78, 5) is 12.1. The number of esters is 1. The Balaban J connectivity index is 1.59. The van der Waals surface area contributed by atoms with Crippen LogP contribution in [0.2, 0.25) is 0 Å².